The second-order valence-electron chi connectivity index (χ2n) is 4.06. The van der Waals surface area contributed by atoms with Gasteiger partial charge in [0.1, 0.15) is 0 Å². The second-order valence-corrected chi connectivity index (χ2v) is 4.06. The topological polar surface area (TPSA) is 3.24 Å². The first-order chi connectivity index (χ1) is 6.27. The van der Waals surface area contributed by atoms with Crippen molar-refractivity contribution in [2.24, 2.45) is 0 Å². The third-order valence-electron chi connectivity index (χ3n) is 2.98. The molecule has 1 radical (unpaired) electrons. The van der Waals surface area contributed by atoms with Crippen LogP contribution in [-0.4, -0.2) is 25.0 Å². The first kappa shape index (κ1) is 8.76. The highest BCUT2D eigenvalue weighted by molar-refractivity contribution is 5.29. The maximum atomic E-state index is 3.15. The number of likely N-dealkylation sites (N-methyl/N-ethyl adjacent to an activating group) is 1. The summed E-state index contributed by atoms with van der Waals surface area (Å²) in [6.07, 6.45) is 3.71. The van der Waals surface area contributed by atoms with E-state index in [1.807, 2.05) is 6.07 Å². The van der Waals surface area contributed by atoms with Crippen molar-refractivity contribution in [1.82, 2.24) is 4.90 Å². The second kappa shape index (κ2) is 3.51. The van der Waals surface area contributed by atoms with E-state index >= 15 is 0 Å². The van der Waals surface area contributed by atoms with Gasteiger partial charge in [-0.05, 0) is 50.6 Å². The summed E-state index contributed by atoms with van der Waals surface area (Å²) in [6, 6.07) is 10.3. The van der Waals surface area contributed by atoms with Gasteiger partial charge in [-0.3, -0.25) is 0 Å². The molecule has 13 heavy (non-hydrogen) atoms. The lowest BCUT2D eigenvalue weighted by Crippen LogP contribution is -2.33. The van der Waals surface area contributed by atoms with Crippen LogP contribution in [0.5, 0.6) is 0 Å². The molecule has 0 bridgehead atoms. The highest BCUT2D eigenvalue weighted by Crippen LogP contribution is 2.22. The van der Waals surface area contributed by atoms with Gasteiger partial charge in [-0.15, -0.1) is 0 Å². The predicted molar refractivity (Wildman–Crippen MR) is 54.8 cm³/mol. The zero-order chi connectivity index (χ0) is 9.26. The molecular formula is C12H16N. The molecule has 2 rings (SSSR count). The summed E-state index contributed by atoms with van der Waals surface area (Å²) in [5, 5.41) is 0. The molecule has 1 aliphatic rings. The van der Waals surface area contributed by atoms with Crippen molar-refractivity contribution >= 4 is 0 Å². The molecule has 1 aromatic rings. The van der Waals surface area contributed by atoms with Crippen LogP contribution >= 0.6 is 0 Å². The molecule has 0 heterocycles. The minimum absolute atomic E-state index is 0.731. The van der Waals surface area contributed by atoms with E-state index < -0.39 is 0 Å². The number of benzene rings is 1. The van der Waals surface area contributed by atoms with Gasteiger partial charge in [0, 0.05) is 6.04 Å². The van der Waals surface area contributed by atoms with Crippen molar-refractivity contribution in [3.63, 3.8) is 0 Å². The van der Waals surface area contributed by atoms with Crippen LogP contribution in [0.1, 0.15) is 17.5 Å². The zero-order valence-electron chi connectivity index (χ0n) is 8.38. The molecule has 0 saturated heterocycles. The highest BCUT2D eigenvalue weighted by Gasteiger charge is 2.19. The van der Waals surface area contributed by atoms with Crippen LogP contribution in [0.3, 0.4) is 0 Å². The number of nitrogens with zero attached hydrogens (tertiary/aromatic N) is 1. The number of aryl methyl sites for hydroxylation is 1. The Morgan fingerprint density at radius 3 is 3.00 bits per heavy atom. The fraction of sp³-hybridized carbons (Fsp3) is 0.500. The first-order valence-electron chi connectivity index (χ1n) is 4.91. The fourth-order valence-electron chi connectivity index (χ4n) is 2.05. The van der Waals surface area contributed by atoms with E-state index in [1.165, 1.54) is 30.4 Å². The number of hydrogen-bond acceptors (Lipinski definition) is 1. The largest absolute Gasteiger partial charge is 0.306 e. The van der Waals surface area contributed by atoms with Crippen LogP contribution in [0.2, 0.25) is 0 Å². The van der Waals surface area contributed by atoms with Crippen LogP contribution in [0.15, 0.2) is 18.2 Å². The van der Waals surface area contributed by atoms with Crippen LogP contribution in [0.4, 0.5) is 0 Å². The molecule has 1 aliphatic carbocycles. The summed E-state index contributed by atoms with van der Waals surface area (Å²) in [7, 11) is 4.34. The van der Waals surface area contributed by atoms with E-state index in [0.717, 1.165) is 6.04 Å². The van der Waals surface area contributed by atoms with Gasteiger partial charge >= 0.3 is 0 Å². The highest BCUT2D eigenvalue weighted by atomic mass is 15.1. The minimum Gasteiger partial charge on any atom is -0.306 e. The first-order valence-corrected chi connectivity index (χ1v) is 4.91. The van der Waals surface area contributed by atoms with E-state index in [-0.39, 0.29) is 0 Å². The Labute approximate surface area is 80.4 Å². The minimum atomic E-state index is 0.731. The Bertz CT molecular complexity index is 291. The molecule has 0 aromatic heterocycles. The summed E-state index contributed by atoms with van der Waals surface area (Å²) < 4.78 is 0. The van der Waals surface area contributed by atoms with Crippen LogP contribution < -0.4 is 0 Å². The van der Waals surface area contributed by atoms with Gasteiger partial charge in [0.2, 0.25) is 0 Å². The molecule has 1 heteroatoms. The molecule has 1 nitrogen and oxygen atoms in total. The average molecular weight is 174 g/mol. The third-order valence-corrected chi connectivity index (χ3v) is 2.98. The number of hydrogen-bond donors (Lipinski definition) is 0. The molecule has 1 unspecified atom stereocenters. The lowest BCUT2D eigenvalue weighted by molar-refractivity contribution is 0.268. The Hall–Kier alpha value is -0.820. The quantitative estimate of drug-likeness (QED) is 0.628. The van der Waals surface area contributed by atoms with Crippen molar-refractivity contribution < 1.29 is 0 Å². The standard InChI is InChI=1S/C12H16N/c1-13(2)12-8-7-10-5-3-4-6-11(10)9-12/h4-6,12H,7-9H2,1-2H3. The summed E-state index contributed by atoms with van der Waals surface area (Å²) in [5.41, 5.74) is 3.02. The van der Waals surface area contributed by atoms with E-state index in [4.69, 9.17) is 0 Å². The van der Waals surface area contributed by atoms with Crippen LogP contribution in [-0.2, 0) is 12.8 Å². The zero-order valence-corrected chi connectivity index (χ0v) is 8.38. The monoisotopic (exact) mass is 174 g/mol. The van der Waals surface area contributed by atoms with Crippen LogP contribution in [0, 0.1) is 6.07 Å². The summed E-state index contributed by atoms with van der Waals surface area (Å²) in [6.45, 7) is 0. The molecule has 1 aromatic carbocycles. The molecular weight excluding hydrogens is 158 g/mol. The lowest BCUT2D eigenvalue weighted by atomic mass is 9.88. The molecule has 0 aliphatic heterocycles. The van der Waals surface area contributed by atoms with Crippen molar-refractivity contribution in [2.45, 2.75) is 25.3 Å². The molecule has 0 spiro atoms. The molecule has 1 atom stereocenters. The van der Waals surface area contributed by atoms with Gasteiger partial charge in [-0.1, -0.05) is 18.2 Å². The fourth-order valence-corrected chi connectivity index (χ4v) is 2.05. The normalized spacial score (nSPS) is 21.6. The Balaban J connectivity index is 2.20. The van der Waals surface area contributed by atoms with Gasteiger partial charge in [-0.2, -0.15) is 0 Å². The summed E-state index contributed by atoms with van der Waals surface area (Å²) >= 11 is 0. The molecule has 69 valence electrons. The van der Waals surface area contributed by atoms with E-state index in [0.29, 0.717) is 0 Å². The van der Waals surface area contributed by atoms with Gasteiger partial charge in [-0.25, -0.2) is 0 Å². The SMILES string of the molecule is CN(C)C1CCc2c[c]ccc2C1. The summed E-state index contributed by atoms with van der Waals surface area (Å²) in [5.74, 6) is 0. The maximum Gasteiger partial charge on any atom is 0.0133 e. The predicted octanol–water partition coefficient (Wildman–Crippen LogP) is 1.91. The van der Waals surface area contributed by atoms with Gasteiger partial charge < -0.3 is 4.90 Å². The van der Waals surface area contributed by atoms with Gasteiger partial charge in [0.05, 0.1) is 0 Å². The molecule has 0 N–H and O–H groups in total. The molecule has 0 fully saturated rings. The Morgan fingerprint density at radius 1 is 1.38 bits per heavy atom. The van der Waals surface area contributed by atoms with Gasteiger partial charge in [0.25, 0.3) is 0 Å². The molecule has 0 amide bonds. The average Bonchev–Trinajstić information content (AvgIpc) is 2.17. The molecule has 0 saturated carbocycles. The smallest absolute Gasteiger partial charge is 0.0133 e. The Morgan fingerprint density at radius 2 is 2.23 bits per heavy atom. The van der Waals surface area contributed by atoms with E-state index in [2.05, 4.69) is 37.2 Å². The Kier molecular flexibility index (Phi) is 2.36. The lowest BCUT2D eigenvalue weighted by Gasteiger charge is -2.29. The number of fused-ring (bicyclic) bond motifs is 1. The number of rotatable bonds is 1. The van der Waals surface area contributed by atoms with E-state index in [9.17, 15) is 0 Å². The third kappa shape index (κ3) is 1.75. The van der Waals surface area contributed by atoms with Crippen molar-refractivity contribution in [3.8, 4) is 0 Å². The van der Waals surface area contributed by atoms with Gasteiger partial charge in [0.15, 0.2) is 0 Å². The van der Waals surface area contributed by atoms with Crippen molar-refractivity contribution in [2.75, 3.05) is 14.1 Å². The summed E-state index contributed by atoms with van der Waals surface area (Å²) in [4.78, 5) is 2.33. The van der Waals surface area contributed by atoms with Crippen molar-refractivity contribution in [3.05, 3.63) is 35.4 Å². The van der Waals surface area contributed by atoms with Crippen molar-refractivity contribution in [1.29, 1.82) is 0 Å². The van der Waals surface area contributed by atoms with E-state index in [1.54, 1.807) is 0 Å². The van der Waals surface area contributed by atoms with Crippen LogP contribution in [0.25, 0.3) is 0 Å². The maximum absolute atomic E-state index is 3.15.